The van der Waals surface area contributed by atoms with Gasteiger partial charge < -0.3 is 4.74 Å². The van der Waals surface area contributed by atoms with E-state index in [0.717, 1.165) is 28.0 Å². The molecule has 0 spiro atoms. The molecule has 0 saturated carbocycles. The Kier molecular flexibility index (Phi) is 4.11. The fraction of sp³-hybridized carbons (Fsp3) is 0.250. The summed E-state index contributed by atoms with van der Waals surface area (Å²) in [7, 11) is 1.65. The highest BCUT2D eigenvalue weighted by molar-refractivity contribution is 6.22. The molecule has 1 atom stereocenters. The minimum atomic E-state index is -0.362. The Hall–Kier alpha value is -1.54. The van der Waals surface area contributed by atoms with E-state index in [4.69, 9.17) is 16.3 Å². The fourth-order valence-corrected chi connectivity index (χ4v) is 2.57. The number of rotatable bonds is 3. The minimum absolute atomic E-state index is 0.273. The molecule has 0 saturated heterocycles. The first-order valence-corrected chi connectivity index (χ1v) is 6.51. The molecular weight excluding hydrogens is 263 g/mol. The van der Waals surface area contributed by atoms with Crippen molar-refractivity contribution in [1.82, 2.24) is 0 Å². The molecule has 1 nitrogen and oxygen atoms in total. The molecule has 0 radical (unpaired) electrons. The summed E-state index contributed by atoms with van der Waals surface area (Å²) in [5, 5.41) is -0.362. The van der Waals surface area contributed by atoms with Crippen LogP contribution < -0.4 is 4.74 Å². The normalized spacial score (nSPS) is 12.3. The second-order valence-corrected chi connectivity index (χ2v) is 5.04. The molecule has 2 aromatic carbocycles. The van der Waals surface area contributed by atoms with Gasteiger partial charge in [-0.05, 0) is 48.2 Å². The fourth-order valence-electron chi connectivity index (χ4n) is 2.31. The van der Waals surface area contributed by atoms with Crippen LogP contribution in [-0.2, 0) is 0 Å². The summed E-state index contributed by atoms with van der Waals surface area (Å²) < 4.78 is 18.6. The van der Waals surface area contributed by atoms with Gasteiger partial charge in [0.15, 0.2) is 0 Å². The number of hydrogen-bond donors (Lipinski definition) is 0. The first-order chi connectivity index (χ1) is 9.02. The summed E-state index contributed by atoms with van der Waals surface area (Å²) in [4.78, 5) is 0. The Balaban J connectivity index is 2.42. The van der Waals surface area contributed by atoms with Gasteiger partial charge in [0.2, 0.25) is 0 Å². The van der Waals surface area contributed by atoms with Crippen LogP contribution in [0.25, 0.3) is 0 Å². The van der Waals surface area contributed by atoms with Crippen molar-refractivity contribution in [2.24, 2.45) is 0 Å². The first kappa shape index (κ1) is 13.9. The van der Waals surface area contributed by atoms with Gasteiger partial charge in [-0.2, -0.15) is 0 Å². The Bertz CT molecular complexity index is 572. The maximum Gasteiger partial charge on any atom is 0.124 e. The number of benzene rings is 2. The average molecular weight is 279 g/mol. The smallest absolute Gasteiger partial charge is 0.124 e. The molecule has 0 aliphatic rings. The van der Waals surface area contributed by atoms with Crippen LogP contribution in [0.3, 0.4) is 0 Å². The highest BCUT2D eigenvalue weighted by atomic mass is 35.5. The van der Waals surface area contributed by atoms with E-state index >= 15 is 0 Å². The van der Waals surface area contributed by atoms with Gasteiger partial charge >= 0.3 is 0 Å². The summed E-state index contributed by atoms with van der Waals surface area (Å²) >= 11 is 6.44. The maximum absolute atomic E-state index is 13.2. The molecule has 0 heterocycles. The molecular formula is C16H16ClFO. The van der Waals surface area contributed by atoms with Crippen LogP contribution in [0, 0.1) is 19.7 Å². The topological polar surface area (TPSA) is 9.23 Å². The highest BCUT2D eigenvalue weighted by Gasteiger charge is 2.14. The van der Waals surface area contributed by atoms with E-state index < -0.39 is 0 Å². The Morgan fingerprint density at radius 2 is 1.68 bits per heavy atom. The second-order valence-electron chi connectivity index (χ2n) is 4.61. The standard InChI is InChI=1S/C16H16ClFO/c1-10-7-13(8-11(2)16(10)19-3)15(17)12-5-4-6-14(18)9-12/h4-9,15H,1-3H3. The third kappa shape index (κ3) is 2.90. The second kappa shape index (κ2) is 5.62. The highest BCUT2D eigenvalue weighted by Crippen LogP contribution is 2.33. The molecule has 2 rings (SSSR count). The van der Waals surface area contributed by atoms with Crippen LogP contribution in [0.2, 0.25) is 0 Å². The molecule has 1 unspecified atom stereocenters. The van der Waals surface area contributed by atoms with E-state index in [9.17, 15) is 4.39 Å². The van der Waals surface area contributed by atoms with Crippen LogP contribution in [-0.4, -0.2) is 7.11 Å². The molecule has 0 aromatic heterocycles. The van der Waals surface area contributed by atoms with Gasteiger partial charge in [-0.25, -0.2) is 4.39 Å². The molecule has 2 aromatic rings. The Morgan fingerprint density at radius 1 is 1.05 bits per heavy atom. The monoisotopic (exact) mass is 278 g/mol. The van der Waals surface area contributed by atoms with Gasteiger partial charge in [0.05, 0.1) is 12.5 Å². The summed E-state index contributed by atoms with van der Waals surface area (Å²) in [6.45, 7) is 3.95. The van der Waals surface area contributed by atoms with Crippen molar-refractivity contribution < 1.29 is 9.13 Å². The number of hydrogen-bond acceptors (Lipinski definition) is 1. The predicted molar refractivity (Wildman–Crippen MR) is 76.6 cm³/mol. The third-order valence-electron chi connectivity index (χ3n) is 3.12. The van der Waals surface area contributed by atoms with E-state index in [1.807, 2.05) is 32.0 Å². The molecule has 100 valence electrons. The largest absolute Gasteiger partial charge is 0.496 e. The van der Waals surface area contributed by atoms with Gasteiger partial charge in [0.1, 0.15) is 11.6 Å². The minimum Gasteiger partial charge on any atom is -0.496 e. The van der Waals surface area contributed by atoms with Gasteiger partial charge in [0.25, 0.3) is 0 Å². The van der Waals surface area contributed by atoms with Gasteiger partial charge in [-0.3, -0.25) is 0 Å². The lowest BCUT2D eigenvalue weighted by Crippen LogP contribution is -1.98. The van der Waals surface area contributed by atoms with E-state index in [0.29, 0.717) is 0 Å². The number of ether oxygens (including phenoxy) is 1. The molecule has 0 aliphatic heterocycles. The zero-order chi connectivity index (χ0) is 14.0. The molecule has 3 heteroatoms. The van der Waals surface area contributed by atoms with Crippen LogP contribution in [0.4, 0.5) is 4.39 Å². The van der Waals surface area contributed by atoms with Crippen LogP contribution in [0.15, 0.2) is 36.4 Å². The van der Waals surface area contributed by atoms with Gasteiger partial charge in [0, 0.05) is 0 Å². The zero-order valence-electron chi connectivity index (χ0n) is 11.2. The number of alkyl halides is 1. The zero-order valence-corrected chi connectivity index (χ0v) is 12.0. The van der Waals surface area contributed by atoms with Gasteiger partial charge in [-0.15, -0.1) is 11.6 Å². The van der Waals surface area contributed by atoms with Gasteiger partial charge in [-0.1, -0.05) is 24.3 Å². The maximum atomic E-state index is 13.2. The molecule has 0 aliphatic carbocycles. The van der Waals surface area contributed by atoms with E-state index in [-0.39, 0.29) is 11.2 Å². The average Bonchev–Trinajstić information content (AvgIpc) is 2.37. The van der Waals surface area contributed by atoms with E-state index in [2.05, 4.69) is 0 Å². The van der Waals surface area contributed by atoms with E-state index in [1.54, 1.807) is 13.2 Å². The van der Waals surface area contributed by atoms with Crippen molar-refractivity contribution in [1.29, 1.82) is 0 Å². The van der Waals surface area contributed by atoms with Crippen molar-refractivity contribution in [3.05, 3.63) is 64.5 Å². The summed E-state index contributed by atoms with van der Waals surface area (Å²) in [6, 6.07) is 10.3. The van der Waals surface area contributed by atoms with Crippen LogP contribution in [0.1, 0.15) is 27.6 Å². The lowest BCUT2D eigenvalue weighted by atomic mass is 9.99. The number of halogens is 2. The summed E-state index contributed by atoms with van der Waals surface area (Å²) in [5.41, 5.74) is 3.76. The van der Waals surface area contributed by atoms with Crippen LogP contribution >= 0.6 is 11.6 Å². The van der Waals surface area contributed by atoms with E-state index in [1.165, 1.54) is 12.1 Å². The molecule has 0 bridgehead atoms. The van der Waals surface area contributed by atoms with Crippen molar-refractivity contribution in [3.8, 4) is 5.75 Å². The van der Waals surface area contributed by atoms with Crippen molar-refractivity contribution in [3.63, 3.8) is 0 Å². The molecule has 19 heavy (non-hydrogen) atoms. The number of aryl methyl sites for hydroxylation is 2. The SMILES string of the molecule is COc1c(C)cc(C(Cl)c2cccc(F)c2)cc1C. The van der Waals surface area contributed by atoms with Crippen molar-refractivity contribution in [2.45, 2.75) is 19.2 Å². The van der Waals surface area contributed by atoms with Crippen molar-refractivity contribution in [2.75, 3.05) is 7.11 Å². The molecule has 0 fully saturated rings. The summed E-state index contributed by atoms with van der Waals surface area (Å²) in [6.07, 6.45) is 0. The Morgan fingerprint density at radius 3 is 2.21 bits per heavy atom. The molecule has 0 amide bonds. The predicted octanol–water partition coefficient (Wildman–Crippen LogP) is 4.78. The Labute approximate surface area is 118 Å². The summed E-state index contributed by atoms with van der Waals surface area (Å²) in [5.74, 6) is 0.594. The van der Waals surface area contributed by atoms with Crippen molar-refractivity contribution >= 4 is 11.6 Å². The lowest BCUT2D eigenvalue weighted by Gasteiger charge is -2.15. The lowest BCUT2D eigenvalue weighted by molar-refractivity contribution is 0.408. The number of methoxy groups -OCH3 is 1. The van der Waals surface area contributed by atoms with Crippen LogP contribution in [0.5, 0.6) is 5.75 Å². The third-order valence-corrected chi connectivity index (χ3v) is 3.62. The molecule has 0 N–H and O–H groups in total. The quantitative estimate of drug-likeness (QED) is 0.734. The first-order valence-electron chi connectivity index (χ1n) is 6.07.